The Labute approximate surface area is 150 Å². The van der Waals surface area contributed by atoms with Crippen LogP contribution in [0.5, 0.6) is 5.75 Å². The van der Waals surface area contributed by atoms with Gasteiger partial charge in [0.1, 0.15) is 5.75 Å². The molecule has 1 unspecified atom stereocenters. The molecular weight excluding hydrogens is 334 g/mol. The molecule has 1 spiro atoms. The number of carbonyl (C=O) groups excluding carboxylic acids is 2. The third-order valence-corrected chi connectivity index (χ3v) is 5.11. The number of hydrogen-bond donors (Lipinski definition) is 2. The number of fused-ring (bicyclic) bond motifs is 1. The highest BCUT2D eigenvalue weighted by molar-refractivity contribution is 5.94. The Morgan fingerprint density at radius 3 is 2.85 bits per heavy atom. The molecule has 4 rings (SSSR count). The molecule has 0 saturated carbocycles. The third-order valence-electron chi connectivity index (χ3n) is 5.11. The fourth-order valence-electron chi connectivity index (χ4n) is 3.68. The van der Waals surface area contributed by atoms with Crippen LogP contribution in [0.3, 0.4) is 0 Å². The minimum absolute atomic E-state index is 0.0112. The smallest absolute Gasteiger partial charge is 0.274 e. The molecule has 2 amide bonds. The number of rotatable bonds is 3. The van der Waals surface area contributed by atoms with E-state index in [1.165, 1.54) is 0 Å². The maximum atomic E-state index is 13.0. The first-order chi connectivity index (χ1) is 12.6. The molecule has 7 nitrogen and oxygen atoms in total. The van der Waals surface area contributed by atoms with Gasteiger partial charge in [-0.15, -0.1) is 0 Å². The number of nitrogens with zero attached hydrogens (tertiary/aromatic N) is 2. The van der Waals surface area contributed by atoms with E-state index in [1.54, 1.807) is 36.1 Å². The first kappa shape index (κ1) is 16.5. The maximum Gasteiger partial charge on any atom is 0.274 e. The summed E-state index contributed by atoms with van der Waals surface area (Å²) in [4.78, 5) is 30.4. The van der Waals surface area contributed by atoms with Crippen LogP contribution in [-0.4, -0.2) is 39.1 Å². The maximum absolute atomic E-state index is 13.0. The summed E-state index contributed by atoms with van der Waals surface area (Å²) in [5.74, 6) is 0.0792. The highest BCUT2D eigenvalue weighted by atomic mass is 16.5. The van der Waals surface area contributed by atoms with Gasteiger partial charge in [-0.3, -0.25) is 19.8 Å². The van der Waals surface area contributed by atoms with E-state index in [4.69, 9.17) is 9.94 Å². The van der Waals surface area contributed by atoms with Gasteiger partial charge in [0, 0.05) is 43.9 Å². The average molecular weight is 353 g/mol. The van der Waals surface area contributed by atoms with Gasteiger partial charge in [-0.25, -0.2) is 5.48 Å². The number of amides is 2. The second-order valence-corrected chi connectivity index (χ2v) is 6.69. The molecule has 1 saturated heterocycles. The van der Waals surface area contributed by atoms with Crippen molar-refractivity contribution >= 4 is 11.8 Å². The van der Waals surface area contributed by atoms with Crippen LogP contribution in [0.15, 0.2) is 42.7 Å². The third kappa shape index (κ3) is 2.80. The van der Waals surface area contributed by atoms with Crippen LogP contribution < -0.4 is 10.2 Å². The van der Waals surface area contributed by atoms with Crippen molar-refractivity contribution in [1.82, 2.24) is 15.4 Å². The Hall–Kier alpha value is -2.93. The van der Waals surface area contributed by atoms with E-state index in [0.29, 0.717) is 43.7 Å². The van der Waals surface area contributed by atoms with Crippen molar-refractivity contribution in [3.05, 3.63) is 59.4 Å². The van der Waals surface area contributed by atoms with Gasteiger partial charge in [-0.2, -0.15) is 0 Å². The summed E-state index contributed by atoms with van der Waals surface area (Å²) in [6, 6.07) is 8.78. The van der Waals surface area contributed by atoms with Crippen molar-refractivity contribution in [2.24, 2.45) is 0 Å². The number of aromatic nitrogens is 1. The van der Waals surface area contributed by atoms with Crippen LogP contribution in [0.4, 0.5) is 0 Å². The van der Waals surface area contributed by atoms with Gasteiger partial charge in [0.15, 0.2) is 5.60 Å². The van der Waals surface area contributed by atoms with Crippen molar-refractivity contribution in [2.75, 3.05) is 6.54 Å². The van der Waals surface area contributed by atoms with Crippen LogP contribution in [-0.2, 0) is 17.8 Å². The molecule has 0 radical (unpaired) electrons. The summed E-state index contributed by atoms with van der Waals surface area (Å²) >= 11 is 0. The quantitative estimate of drug-likeness (QED) is 0.647. The molecule has 2 N–H and O–H groups in total. The van der Waals surface area contributed by atoms with E-state index >= 15 is 0 Å². The lowest BCUT2D eigenvalue weighted by Gasteiger charge is -2.34. The fraction of sp³-hybridized carbons (Fsp3) is 0.316. The Balaban J connectivity index is 1.52. The van der Waals surface area contributed by atoms with Gasteiger partial charge in [0.25, 0.3) is 11.8 Å². The number of hydrogen-bond acceptors (Lipinski definition) is 5. The van der Waals surface area contributed by atoms with Crippen molar-refractivity contribution in [1.29, 1.82) is 0 Å². The lowest BCUT2D eigenvalue weighted by molar-refractivity contribution is -0.142. The van der Waals surface area contributed by atoms with Gasteiger partial charge in [0.05, 0.1) is 0 Å². The highest BCUT2D eigenvalue weighted by Crippen LogP contribution is 2.40. The number of nitrogens with one attached hydrogen (secondary N) is 1. The summed E-state index contributed by atoms with van der Waals surface area (Å²) < 4.78 is 6.13. The molecular formula is C19H19N3O4. The van der Waals surface area contributed by atoms with Crippen LogP contribution >= 0.6 is 0 Å². The predicted octanol–water partition coefficient (Wildman–Crippen LogP) is 1.70. The minimum Gasteiger partial charge on any atom is -0.477 e. The van der Waals surface area contributed by atoms with Gasteiger partial charge < -0.3 is 9.64 Å². The second kappa shape index (κ2) is 6.42. The van der Waals surface area contributed by atoms with Crippen LogP contribution in [0.25, 0.3) is 0 Å². The van der Waals surface area contributed by atoms with E-state index in [1.807, 2.05) is 17.0 Å². The van der Waals surface area contributed by atoms with Crippen LogP contribution in [0, 0.1) is 0 Å². The summed E-state index contributed by atoms with van der Waals surface area (Å²) in [6.45, 7) is 1.20. The molecule has 2 aliphatic heterocycles. The molecule has 1 aromatic heterocycles. The molecule has 0 aliphatic carbocycles. The van der Waals surface area contributed by atoms with Gasteiger partial charge in [-0.05, 0) is 47.9 Å². The minimum atomic E-state index is -0.819. The number of pyridine rings is 1. The summed E-state index contributed by atoms with van der Waals surface area (Å²) in [6.07, 6.45) is 5.32. The molecule has 1 aromatic carbocycles. The van der Waals surface area contributed by atoms with Gasteiger partial charge >= 0.3 is 0 Å². The number of aryl methyl sites for hydroxylation is 1. The van der Waals surface area contributed by atoms with Crippen molar-refractivity contribution in [3.63, 3.8) is 0 Å². The first-order valence-electron chi connectivity index (χ1n) is 8.56. The van der Waals surface area contributed by atoms with Crippen LogP contribution in [0.2, 0.25) is 0 Å². The Morgan fingerprint density at radius 1 is 1.27 bits per heavy atom. The molecule has 7 heteroatoms. The summed E-state index contributed by atoms with van der Waals surface area (Å²) in [5, 5.41) is 8.76. The molecule has 3 heterocycles. The van der Waals surface area contributed by atoms with E-state index in [0.717, 1.165) is 11.1 Å². The van der Waals surface area contributed by atoms with Crippen LogP contribution in [0.1, 0.15) is 34.3 Å². The Kier molecular flexibility index (Phi) is 4.08. The SMILES string of the molecule is O=C(NO)c1ccc2c(c1)CCC1(CCN(Cc3ccncc3)C1=O)O2. The highest BCUT2D eigenvalue weighted by Gasteiger charge is 2.50. The standard InChI is InChI=1S/C19H19N3O4/c23-17(21-25)15-1-2-16-14(11-15)3-6-19(26-16)7-10-22(18(19)24)12-13-4-8-20-9-5-13/h1-2,4-5,8-9,11,25H,3,6-7,10,12H2,(H,21,23). The molecule has 2 aliphatic rings. The summed E-state index contributed by atoms with van der Waals surface area (Å²) in [5.41, 5.74) is 3.09. The number of benzene rings is 1. The lowest BCUT2D eigenvalue weighted by Crippen LogP contribution is -2.47. The second-order valence-electron chi connectivity index (χ2n) is 6.69. The normalized spacial score (nSPS) is 21.4. The van der Waals surface area contributed by atoms with Crippen molar-refractivity contribution < 1.29 is 19.5 Å². The number of likely N-dealkylation sites (tertiary alicyclic amines) is 1. The first-order valence-corrected chi connectivity index (χ1v) is 8.56. The fourth-order valence-corrected chi connectivity index (χ4v) is 3.68. The van der Waals surface area contributed by atoms with E-state index in [2.05, 4.69) is 4.98 Å². The van der Waals surface area contributed by atoms with Gasteiger partial charge in [-0.1, -0.05) is 0 Å². The number of ether oxygens (including phenoxy) is 1. The molecule has 0 bridgehead atoms. The Morgan fingerprint density at radius 2 is 2.08 bits per heavy atom. The summed E-state index contributed by atoms with van der Waals surface area (Å²) in [7, 11) is 0. The topological polar surface area (TPSA) is 91.8 Å². The zero-order valence-electron chi connectivity index (χ0n) is 14.1. The predicted molar refractivity (Wildman–Crippen MR) is 91.6 cm³/mol. The molecule has 26 heavy (non-hydrogen) atoms. The molecule has 2 aromatic rings. The van der Waals surface area contributed by atoms with Crippen molar-refractivity contribution in [2.45, 2.75) is 31.4 Å². The van der Waals surface area contributed by atoms with Gasteiger partial charge in [0.2, 0.25) is 0 Å². The van der Waals surface area contributed by atoms with Crippen molar-refractivity contribution in [3.8, 4) is 5.75 Å². The monoisotopic (exact) mass is 353 g/mol. The zero-order chi connectivity index (χ0) is 18.1. The Bertz CT molecular complexity index is 855. The molecule has 134 valence electrons. The molecule has 1 fully saturated rings. The average Bonchev–Trinajstić information content (AvgIpc) is 2.97. The van der Waals surface area contributed by atoms with E-state index in [9.17, 15) is 9.59 Å². The number of carbonyl (C=O) groups is 2. The number of hydroxylamine groups is 1. The van der Waals surface area contributed by atoms with E-state index in [-0.39, 0.29) is 5.91 Å². The van der Waals surface area contributed by atoms with E-state index < -0.39 is 11.5 Å². The largest absolute Gasteiger partial charge is 0.477 e. The lowest BCUT2D eigenvalue weighted by atomic mass is 9.89. The molecule has 1 atom stereocenters. The zero-order valence-corrected chi connectivity index (χ0v) is 14.1.